The topological polar surface area (TPSA) is 78.3 Å². The number of hydrogen-bond donors (Lipinski definition) is 1. The lowest BCUT2D eigenvalue weighted by Crippen LogP contribution is -2.27. The third-order valence-electron chi connectivity index (χ3n) is 4.59. The van der Waals surface area contributed by atoms with Gasteiger partial charge in [0.1, 0.15) is 5.82 Å². The molecular formula is C19H26N4O3S. The number of carbonyl (C=O) groups is 1. The number of fused-ring (bicyclic) bond motifs is 1. The number of aromatic nitrogens is 3. The van der Waals surface area contributed by atoms with Gasteiger partial charge < -0.3 is 19.4 Å². The first-order chi connectivity index (χ1) is 13.2. The van der Waals surface area contributed by atoms with E-state index >= 15 is 0 Å². The first kappa shape index (κ1) is 19.5. The van der Waals surface area contributed by atoms with Gasteiger partial charge >= 0.3 is 0 Å². The first-order valence-electron chi connectivity index (χ1n) is 9.23. The van der Waals surface area contributed by atoms with Crippen LogP contribution in [-0.2, 0) is 24.2 Å². The maximum Gasteiger partial charge on any atom is 0.230 e. The second-order valence-electron chi connectivity index (χ2n) is 6.44. The van der Waals surface area contributed by atoms with E-state index in [0.29, 0.717) is 23.8 Å². The van der Waals surface area contributed by atoms with Crippen molar-refractivity contribution in [3.8, 4) is 11.5 Å². The Morgan fingerprint density at radius 1 is 1.19 bits per heavy atom. The van der Waals surface area contributed by atoms with Gasteiger partial charge in [0.05, 0.1) is 20.0 Å². The summed E-state index contributed by atoms with van der Waals surface area (Å²) < 4.78 is 12.7. The number of carbonyl (C=O) groups excluding carboxylic acids is 1. The summed E-state index contributed by atoms with van der Waals surface area (Å²) in [5, 5.41) is 12.3. The highest BCUT2D eigenvalue weighted by atomic mass is 32.2. The Hall–Kier alpha value is -2.22. The van der Waals surface area contributed by atoms with Gasteiger partial charge in [-0.15, -0.1) is 10.2 Å². The highest BCUT2D eigenvalue weighted by molar-refractivity contribution is 7.99. The van der Waals surface area contributed by atoms with Crippen molar-refractivity contribution in [2.45, 2.75) is 43.8 Å². The normalized spacial score (nSPS) is 13.6. The average molecular weight is 391 g/mol. The van der Waals surface area contributed by atoms with E-state index in [9.17, 15) is 4.79 Å². The minimum absolute atomic E-state index is 0.00597. The molecule has 0 fully saturated rings. The molecule has 1 N–H and O–H groups in total. The Morgan fingerprint density at radius 3 is 2.85 bits per heavy atom. The Bertz CT molecular complexity index is 778. The minimum Gasteiger partial charge on any atom is -0.493 e. The lowest BCUT2D eigenvalue weighted by Gasteiger charge is -2.10. The van der Waals surface area contributed by atoms with Crippen LogP contribution >= 0.6 is 11.8 Å². The fourth-order valence-corrected chi connectivity index (χ4v) is 3.94. The van der Waals surface area contributed by atoms with Gasteiger partial charge in [0.2, 0.25) is 5.91 Å². The quantitative estimate of drug-likeness (QED) is 0.698. The molecule has 0 spiro atoms. The summed E-state index contributed by atoms with van der Waals surface area (Å²) in [5.74, 6) is 2.80. The number of thioether (sulfide) groups is 1. The monoisotopic (exact) mass is 390 g/mol. The van der Waals surface area contributed by atoms with Gasteiger partial charge in [0, 0.05) is 19.5 Å². The number of nitrogens with one attached hydrogen (secondary N) is 1. The van der Waals surface area contributed by atoms with Crippen LogP contribution in [0.1, 0.15) is 30.7 Å². The molecule has 2 heterocycles. The fourth-order valence-electron chi connectivity index (χ4n) is 3.13. The molecular weight excluding hydrogens is 364 g/mol. The zero-order chi connectivity index (χ0) is 19.1. The van der Waals surface area contributed by atoms with Crippen LogP contribution in [0.5, 0.6) is 11.5 Å². The summed E-state index contributed by atoms with van der Waals surface area (Å²) in [5.41, 5.74) is 1.09. The van der Waals surface area contributed by atoms with Crippen molar-refractivity contribution >= 4 is 17.7 Å². The van der Waals surface area contributed by atoms with E-state index in [1.54, 1.807) is 14.2 Å². The zero-order valence-corrected chi connectivity index (χ0v) is 16.7. The van der Waals surface area contributed by atoms with Crippen molar-refractivity contribution < 1.29 is 14.3 Å². The van der Waals surface area contributed by atoms with Gasteiger partial charge in [-0.1, -0.05) is 24.2 Å². The maximum atomic E-state index is 12.2. The molecule has 2 aromatic rings. The summed E-state index contributed by atoms with van der Waals surface area (Å²) >= 11 is 1.46. The summed E-state index contributed by atoms with van der Waals surface area (Å²) in [6, 6.07) is 5.79. The number of benzene rings is 1. The Balaban J connectivity index is 1.45. The van der Waals surface area contributed by atoms with Crippen LogP contribution in [0.15, 0.2) is 23.4 Å². The SMILES string of the molecule is COc1ccc(CCNC(=O)CSc2nnc3n2CCCCC3)cc1OC. The van der Waals surface area contributed by atoms with Gasteiger partial charge in [0.15, 0.2) is 16.7 Å². The predicted octanol–water partition coefficient (Wildman–Crippen LogP) is 2.47. The molecule has 0 unspecified atom stereocenters. The molecule has 1 aromatic heterocycles. The first-order valence-corrected chi connectivity index (χ1v) is 10.2. The van der Waals surface area contributed by atoms with E-state index in [4.69, 9.17) is 9.47 Å². The third-order valence-corrected chi connectivity index (χ3v) is 5.56. The van der Waals surface area contributed by atoms with Crippen molar-refractivity contribution in [1.82, 2.24) is 20.1 Å². The molecule has 8 heteroatoms. The van der Waals surface area contributed by atoms with Crippen LogP contribution in [-0.4, -0.2) is 47.2 Å². The van der Waals surface area contributed by atoms with Gasteiger partial charge in [-0.25, -0.2) is 0 Å². The largest absolute Gasteiger partial charge is 0.493 e. The van der Waals surface area contributed by atoms with E-state index in [-0.39, 0.29) is 5.91 Å². The number of aryl methyl sites for hydroxylation is 1. The summed E-state index contributed by atoms with van der Waals surface area (Å²) in [6.07, 6.45) is 5.25. The molecule has 0 atom stereocenters. The maximum absolute atomic E-state index is 12.2. The summed E-state index contributed by atoms with van der Waals surface area (Å²) in [6.45, 7) is 1.53. The molecule has 1 amide bonds. The second-order valence-corrected chi connectivity index (χ2v) is 7.38. The van der Waals surface area contributed by atoms with Crippen molar-refractivity contribution in [1.29, 1.82) is 0 Å². The van der Waals surface area contributed by atoms with Crippen LogP contribution in [0.2, 0.25) is 0 Å². The number of methoxy groups -OCH3 is 2. The number of rotatable bonds is 8. The van der Waals surface area contributed by atoms with Crippen LogP contribution < -0.4 is 14.8 Å². The highest BCUT2D eigenvalue weighted by Crippen LogP contribution is 2.27. The number of nitrogens with zero attached hydrogens (tertiary/aromatic N) is 3. The molecule has 0 aliphatic carbocycles. The molecule has 3 rings (SSSR count). The molecule has 1 aromatic carbocycles. The average Bonchev–Trinajstić information content (AvgIpc) is 2.92. The summed E-state index contributed by atoms with van der Waals surface area (Å²) in [7, 11) is 3.23. The van der Waals surface area contributed by atoms with Gasteiger partial charge in [-0.3, -0.25) is 4.79 Å². The summed E-state index contributed by atoms with van der Waals surface area (Å²) in [4.78, 5) is 12.2. The lowest BCUT2D eigenvalue weighted by molar-refractivity contribution is -0.118. The Labute approximate surface area is 163 Å². The number of amides is 1. The number of ether oxygens (including phenoxy) is 2. The van der Waals surface area contributed by atoms with Gasteiger partial charge in [0.25, 0.3) is 0 Å². The van der Waals surface area contributed by atoms with Crippen molar-refractivity contribution in [3.63, 3.8) is 0 Å². The van der Waals surface area contributed by atoms with Crippen molar-refractivity contribution in [2.75, 3.05) is 26.5 Å². The Kier molecular flexibility index (Phi) is 6.98. The molecule has 0 saturated heterocycles. The second kappa shape index (κ2) is 9.64. The van der Waals surface area contributed by atoms with E-state index in [0.717, 1.165) is 42.4 Å². The molecule has 7 nitrogen and oxygen atoms in total. The molecule has 0 radical (unpaired) electrons. The van der Waals surface area contributed by atoms with Crippen molar-refractivity contribution in [3.05, 3.63) is 29.6 Å². The van der Waals surface area contributed by atoms with E-state index in [1.807, 2.05) is 18.2 Å². The standard InChI is InChI=1S/C19H26N4O3S/c1-25-15-8-7-14(12-16(15)26-2)9-10-20-18(24)13-27-19-22-21-17-6-4-3-5-11-23(17)19/h7-8,12H,3-6,9-11,13H2,1-2H3,(H,20,24). The highest BCUT2D eigenvalue weighted by Gasteiger charge is 2.16. The Morgan fingerprint density at radius 2 is 2.04 bits per heavy atom. The smallest absolute Gasteiger partial charge is 0.230 e. The molecule has 1 aliphatic rings. The van der Waals surface area contributed by atoms with Crippen LogP contribution in [0, 0.1) is 0 Å². The molecule has 27 heavy (non-hydrogen) atoms. The molecule has 1 aliphatic heterocycles. The third kappa shape index (κ3) is 5.15. The van der Waals surface area contributed by atoms with Gasteiger partial charge in [-0.2, -0.15) is 0 Å². The van der Waals surface area contributed by atoms with E-state index in [1.165, 1.54) is 24.6 Å². The van der Waals surface area contributed by atoms with Crippen LogP contribution in [0.3, 0.4) is 0 Å². The fraction of sp³-hybridized carbons (Fsp3) is 0.526. The van der Waals surface area contributed by atoms with E-state index < -0.39 is 0 Å². The molecule has 0 bridgehead atoms. The molecule has 0 saturated carbocycles. The minimum atomic E-state index is 0.00597. The number of hydrogen-bond acceptors (Lipinski definition) is 6. The van der Waals surface area contributed by atoms with Crippen molar-refractivity contribution in [2.24, 2.45) is 0 Å². The molecule has 146 valence electrons. The van der Waals surface area contributed by atoms with Gasteiger partial charge in [-0.05, 0) is 37.0 Å². The van der Waals surface area contributed by atoms with E-state index in [2.05, 4.69) is 20.1 Å². The lowest BCUT2D eigenvalue weighted by atomic mass is 10.1. The van der Waals surface area contributed by atoms with Crippen LogP contribution in [0.4, 0.5) is 0 Å². The predicted molar refractivity (Wildman–Crippen MR) is 105 cm³/mol. The van der Waals surface area contributed by atoms with Crippen LogP contribution in [0.25, 0.3) is 0 Å². The zero-order valence-electron chi connectivity index (χ0n) is 15.9.